The number of nitrogens with one attached hydrogen (secondary N) is 1. The fourth-order valence-electron chi connectivity index (χ4n) is 1.81. The van der Waals surface area contributed by atoms with E-state index in [2.05, 4.69) is 12.2 Å². The van der Waals surface area contributed by atoms with Crippen LogP contribution in [-0.4, -0.2) is 40.6 Å². The first-order valence-corrected chi connectivity index (χ1v) is 9.31. The van der Waals surface area contributed by atoms with Gasteiger partial charge in [-0.1, -0.05) is 20.3 Å². The first kappa shape index (κ1) is 18.6. The Labute approximate surface area is 119 Å². The molecule has 0 aliphatic rings. The van der Waals surface area contributed by atoms with Gasteiger partial charge in [-0.2, -0.15) is 0 Å². The molecule has 0 saturated carbocycles. The third-order valence-electron chi connectivity index (χ3n) is 2.83. The molecule has 0 aromatic carbocycles. The maximum atomic E-state index is 12.2. The van der Waals surface area contributed by atoms with Crippen LogP contribution in [0.5, 0.6) is 0 Å². The standard InChI is InChI=1S/C14H31NO3S/c1-7-9-12(11-19(6,17)8-2)10-15-13(16)18-14(3,4)5/h12,17H,7-11H2,1-6H3,(H,15,16)/p-1/t12-/m0/s1. The molecule has 0 radical (unpaired) electrons. The summed E-state index contributed by atoms with van der Waals surface area (Å²) >= 11 is 0. The zero-order valence-electron chi connectivity index (χ0n) is 13.2. The van der Waals surface area contributed by atoms with Crippen molar-refractivity contribution in [1.82, 2.24) is 5.32 Å². The highest BCUT2D eigenvalue weighted by molar-refractivity contribution is 8.28. The van der Waals surface area contributed by atoms with Gasteiger partial charge in [0, 0.05) is 6.54 Å². The number of carbonyl (C=O) groups excluding carboxylic acids is 1. The summed E-state index contributed by atoms with van der Waals surface area (Å²) in [7, 11) is -1.77. The van der Waals surface area contributed by atoms with Crippen molar-refractivity contribution in [2.24, 2.45) is 5.92 Å². The Morgan fingerprint density at radius 2 is 1.95 bits per heavy atom. The van der Waals surface area contributed by atoms with Crippen LogP contribution in [0.15, 0.2) is 0 Å². The van der Waals surface area contributed by atoms with Crippen LogP contribution in [0.3, 0.4) is 0 Å². The maximum absolute atomic E-state index is 12.2. The van der Waals surface area contributed by atoms with Gasteiger partial charge in [-0.15, -0.1) is 0 Å². The van der Waals surface area contributed by atoms with Crippen molar-refractivity contribution in [3.63, 3.8) is 0 Å². The van der Waals surface area contributed by atoms with E-state index >= 15 is 0 Å². The Morgan fingerprint density at radius 3 is 2.37 bits per heavy atom. The molecule has 1 amide bonds. The van der Waals surface area contributed by atoms with E-state index in [-0.39, 0.29) is 5.92 Å². The summed E-state index contributed by atoms with van der Waals surface area (Å²) in [5, 5.41) is 2.78. The van der Waals surface area contributed by atoms with E-state index in [0.29, 0.717) is 18.1 Å². The van der Waals surface area contributed by atoms with E-state index in [4.69, 9.17) is 4.74 Å². The smallest absolute Gasteiger partial charge is 0.407 e. The molecule has 0 aromatic heterocycles. The summed E-state index contributed by atoms with van der Waals surface area (Å²) in [5.74, 6) is 1.63. The Hall–Kier alpha value is -0.420. The predicted molar refractivity (Wildman–Crippen MR) is 82.3 cm³/mol. The lowest BCUT2D eigenvalue weighted by Crippen LogP contribution is -2.36. The molecule has 5 heteroatoms. The van der Waals surface area contributed by atoms with Crippen molar-refractivity contribution in [3.8, 4) is 0 Å². The SMILES string of the molecule is CCC[C@@H](CNC(=O)OC(C)(C)C)CS(C)([O-])CC. The lowest BCUT2D eigenvalue weighted by molar-refractivity contribution is 0.0520. The average Bonchev–Trinajstić information content (AvgIpc) is 2.23. The number of ether oxygens (including phenoxy) is 1. The largest absolute Gasteiger partial charge is 0.812 e. The number of hydrogen-bond acceptors (Lipinski definition) is 3. The van der Waals surface area contributed by atoms with Crippen LogP contribution in [0.25, 0.3) is 0 Å². The monoisotopic (exact) mass is 292 g/mol. The van der Waals surface area contributed by atoms with Gasteiger partial charge in [-0.25, -0.2) is 4.79 Å². The topological polar surface area (TPSA) is 61.4 Å². The van der Waals surface area contributed by atoms with Crippen LogP contribution in [0.2, 0.25) is 0 Å². The zero-order chi connectivity index (χ0) is 15.1. The Morgan fingerprint density at radius 1 is 1.37 bits per heavy atom. The normalized spacial score (nSPS) is 18.3. The first-order chi connectivity index (χ1) is 8.59. The second-order valence-corrected chi connectivity index (χ2v) is 9.46. The number of carbonyl (C=O) groups is 1. The number of alkyl carbamates (subject to hydrolysis) is 1. The second-order valence-electron chi connectivity index (χ2n) is 6.18. The molecule has 2 atom stereocenters. The van der Waals surface area contributed by atoms with Crippen LogP contribution in [0.4, 0.5) is 4.79 Å². The van der Waals surface area contributed by atoms with Crippen molar-refractivity contribution in [1.29, 1.82) is 0 Å². The highest BCUT2D eigenvalue weighted by Crippen LogP contribution is 2.40. The Bertz CT molecular complexity index is 274. The fraction of sp³-hybridized carbons (Fsp3) is 0.929. The highest BCUT2D eigenvalue weighted by atomic mass is 32.3. The number of hydrogen-bond donors (Lipinski definition) is 1. The van der Waals surface area contributed by atoms with Crippen LogP contribution in [0.1, 0.15) is 47.5 Å². The van der Waals surface area contributed by atoms with Crippen LogP contribution >= 0.6 is 10.3 Å². The quantitative estimate of drug-likeness (QED) is 0.781. The van der Waals surface area contributed by atoms with E-state index in [1.54, 1.807) is 0 Å². The van der Waals surface area contributed by atoms with Gasteiger partial charge in [-0.3, -0.25) is 0 Å². The average molecular weight is 292 g/mol. The summed E-state index contributed by atoms with van der Waals surface area (Å²) in [6.45, 7) is 10.1. The number of amides is 1. The number of rotatable bonds is 7. The van der Waals surface area contributed by atoms with Gasteiger partial charge in [0.25, 0.3) is 0 Å². The molecule has 116 valence electrons. The molecular weight excluding hydrogens is 262 g/mol. The molecule has 0 aliphatic carbocycles. The minimum Gasteiger partial charge on any atom is -0.812 e. The third-order valence-corrected chi connectivity index (χ3v) is 5.23. The molecular formula is C14H30NO3S-. The zero-order valence-corrected chi connectivity index (χ0v) is 14.1. The third kappa shape index (κ3) is 10.1. The lowest BCUT2D eigenvalue weighted by atomic mass is 10.1. The second kappa shape index (κ2) is 8.00. The van der Waals surface area contributed by atoms with E-state index in [0.717, 1.165) is 12.8 Å². The van der Waals surface area contributed by atoms with Gasteiger partial charge in [-0.05, 0) is 50.9 Å². The van der Waals surface area contributed by atoms with Crippen LogP contribution in [0, 0.1) is 5.92 Å². The van der Waals surface area contributed by atoms with Gasteiger partial charge < -0.3 is 24.9 Å². The molecule has 0 heterocycles. The molecule has 0 saturated heterocycles. The minimum absolute atomic E-state index is 0.259. The van der Waals surface area contributed by atoms with Gasteiger partial charge in [0.1, 0.15) is 5.60 Å². The summed E-state index contributed by atoms with van der Waals surface area (Å²) in [5.41, 5.74) is -0.480. The van der Waals surface area contributed by atoms with Crippen molar-refractivity contribution >= 4 is 16.4 Å². The van der Waals surface area contributed by atoms with E-state index in [1.807, 2.05) is 34.0 Å². The molecule has 1 unspecified atom stereocenters. The van der Waals surface area contributed by atoms with Gasteiger partial charge in [0.2, 0.25) is 0 Å². The van der Waals surface area contributed by atoms with Crippen LogP contribution < -0.4 is 5.32 Å². The van der Waals surface area contributed by atoms with E-state index in [9.17, 15) is 9.35 Å². The molecule has 4 nitrogen and oxygen atoms in total. The van der Waals surface area contributed by atoms with E-state index in [1.165, 1.54) is 0 Å². The first-order valence-electron chi connectivity index (χ1n) is 7.01. The van der Waals surface area contributed by atoms with Crippen molar-refractivity contribution in [3.05, 3.63) is 0 Å². The molecule has 0 fully saturated rings. The van der Waals surface area contributed by atoms with E-state index < -0.39 is 22.0 Å². The van der Waals surface area contributed by atoms with Crippen molar-refractivity contribution < 1.29 is 14.1 Å². The maximum Gasteiger partial charge on any atom is 0.407 e. The molecule has 0 aromatic rings. The van der Waals surface area contributed by atoms with Crippen molar-refractivity contribution in [2.75, 3.05) is 24.3 Å². The molecule has 19 heavy (non-hydrogen) atoms. The molecule has 1 N–H and O–H groups in total. The molecule has 0 bridgehead atoms. The minimum atomic E-state index is -1.77. The summed E-state index contributed by atoms with van der Waals surface area (Å²) < 4.78 is 17.4. The lowest BCUT2D eigenvalue weighted by Gasteiger charge is -2.45. The van der Waals surface area contributed by atoms with Crippen LogP contribution in [-0.2, 0) is 4.74 Å². The van der Waals surface area contributed by atoms with Crippen molar-refractivity contribution in [2.45, 2.75) is 53.1 Å². The summed E-state index contributed by atoms with van der Waals surface area (Å²) in [6.07, 6.45) is 3.43. The molecule has 0 aliphatic heterocycles. The van der Waals surface area contributed by atoms with Gasteiger partial charge in [0.15, 0.2) is 0 Å². The highest BCUT2D eigenvalue weighted by Gasteiger charge is 2.18. The predicted octanol–water partition coefficient (Wildman–Crippen LogP) is 3.51. The summed E-state index contributed by atoms with van der Waals surface area (Å²) in [6, 6.07) is 0. The van der Waals surface area contributed by atoms with Gasteiger partial charge >= 0.3 is 6.09 Å². The Balaban J connectivity index is 4.25. The fourth-order valence-corrected chi connectivity index (χ4v) is 3.33. The molecule has 0 rings (SSSR count). The molecule has 0 spiro atoms. The van der Waals surface area contributed by atoms with Gasteiger partial charge in [0.05, 0.1) is 0 Å². The summed E-state index contributed by atoms with van der Waals surface area (Å²) in [4.78, 5) is 11.6. The Kier molecular flexibility index (Phi) is 7.82.